The lowest BCUT2D eigenvalue weighted by Crippen LogP contribution is -2.51. The molecule has 30 heavy (non-hydrogen) atoms. The number of rotatable bonds is 6. The Balaban J connectivity index is 2.26. The Morgan fingerprint density at radius 2 is 1.97 bits per heavy atom. The molecule has 0 saturated carbocycles. The summed E-state index contributed by atoms with van der Waals surface area (Å²) in [6, 6.07) is 0. The second-order valence-electron chi connectivity index (χ2n) is 9.49. The van der Waals surface area contributed by atoms with E-state index in [0.29, 0.717) is 18.8 Å². The molecule has 166 valence electrons. The summed E-state index contributed by atoms with van der Waals surface area (Å²) in [6.45, 7) is 17.4. The van der Waals surface area contributed by atoms with Gasteiger partial charge in [-0.3, -0.25) is 19.3 Å². The average molecular weight is 435 g/mol. The number of carbonyl (C=O) groups excluding carboxylic acids is 3. The summed E-state index contributed by atoms with van der Waals surface area (Å²) in [7, 11) is -1.84. The number of hydrogen-bond acceptors (Lipinski definition) is 5. The van der Waals surface area contributed by atoms with Crippen LogP contribution in [0.15, 0.2) is 12.0 Å². The van der Waals surface area contributed by atoms with Gasteiger partial charge in [-0.2, -0.15) is 0 Å². The molecule has 0 aromatic carbocycles. The van der Waals surface area contributed by atoms with Gasteiger partial charge in [-0.25, -0.2) is 4.98 Å². The van der Waals surface area contributed by atoms with E-state index in [9.17, 15) is 14.4 Å². The van der Waals surface area contributed by atoms with Gasteiger partial charge in [0.05, 0.1) is 18.6 Å². The fourth-order valence-electron chi connectivity index (χ4n) is 3.03. The van der Waals surface area contributed by atoms with E-state index in [1.54, 1.807) is 12.4 Å². The van der Waals surface area contributed by atoms with Gasteiger partial charge in [0.25, 0.3) is 5.91 Å². The highest BCUT2D eigenvalue weighted by Gasteiger charge is 2.37. The number of nitrogens with zero attached hydrogens (tertiary/aromatic N) is 3. The first kappa shape index (κ1) is 24.0. The Hall–Kier alpha value is -2.26. The van der Waals surface area contributed by atoms with Crippen LogP contribution in [0.1, 0.15) is 58.8 Å². The Bertz CT molecular complexity index is 865. The number of imide groups is 1. The van der Waals surface area contributed by atoms with Gasteiger partial charge in [-0.15, -0.1) is 0 Å². The van der Waals surface area contributed by atoms with Crippen LogP contribution < -0.4 is 5.32 Å². The number of nitrogens with one attached hydrogen (secondary N) is 1. The summed E-state index contributed by atoms with van der Waals surface area (Å²) in [6.07, 6.45) is 3.28. The molecule has 1 aliphatic rings. The second-order valence-corrected chi connectivity index (χ2v) is 14.3. The second kappa shape index (κ2) is 8.85. The molecule has 0 spiro atoms. The van der Waals surface area contributed by atoms with Gasteiger partial charge in [-0.05, 0) is 30.1 Å². The zero-order valence-corrected chi connectivity index (χ0v) is 20.3. The summed E-state index contributed by atoms with van der Waals surface area (Å²) in [5, 5.41) is 2.70. The van der Waals surface area contributed by atoms with Crippen molar-refractivity contribution in [2.45, 2.75) is 72.1 Å². The number of aromatic nitrogens is 2. The molecule has 0 radical (unpaired) electrons. The van der Waals surface area contributed by atoms with Crippen LogP contribution in [0.25, 0.3) is 6.08 Å². The smallest absolute Gasteiger partial charge is 0.277 e. The van der Waals surface area contributed by atoms with Gasteiger partial charge < -0.3 is 14.3 Å². The molecule has 1 aromatic heterocycles. The Kier molecular flexibility index (Phi) is 7.08. The molecule has 0 bridgehead atoms. The fourth-order valence-corrected chi connectivity index (χ4v) is 4.07. The quantitative estimate of drug-likeness (QED) is 0.549. The van der Waals surface area contributed by atoms with Crippen LogP contribution in [-0.2, 0) is 25.4 Å². The highest BCUT2D eigenvalue weighted by molar-refractivity contribution is 6.74. The lowest BCUT2D eigenvalue weighted by Gasteiger charge is -2.36. The van der Waals surface area contributed by atoms with E-state index in [1.165, 1.54) is 6.92 Å². The molecule has 1 saturated heterocycles. The fraction of sp³-hybridized carbons (Fsp3) is 0.619. The summed E-state index contributed by atoms with van der Waals surface area (Å²) in [5.74, 6) is -1.24. The van der Waals surface area contributed by atoms with Crippen molar-refractivity contribution in [1.82, 2.24) is 19.8 Å². The van der Waals surface area contributed by atoms with Crippen LogP contribution in [0.3, 0.4) is 0 Å². The van der Waals surface area contributed by atoms with Crippen molar-refractivity contribution < 1.29 is 18.8 Å². The average Bonchev–Trinajstić information content (AvgIpc) is 2.99. The monoisotopic (exact) mass is 434 g/mol. The largest absolute Gasteiger partial charge is 0.415 e. The van der Waals surface area contributed by atoms with Crippen LogP contribution in [0, 0.1) is 0 Å². The molecule has 1 aliphatic heterocycles. The van der Waals surface area contributed by atoms with E-state index >= 15 is 0 Å². The predicted molar refractivity (Wildman–Crippen MR) is 118 cm³/mol. The molecular weight excluding hydrogens is 400 g/mol. The van der Waals surface area contributed by atoms with Gasteiger partial charge in [0.1, 0.15) is 12.2 Å². The van der Waals surface area contributed by atoms with Crippen LogP contribution in [0.2, 0.25) is 18.1 Å². The molecule has 1 N–H and O–H groups in total. The summed E-state index contributed by atoms with van der Waals surface area (Å²) >= 11 is 0. The minimum absolute atomic E-state index is 0.0612. The minimum Gasteiger partial charge on any atom is -0.415 e. The maximum atomic E-state index is 12.6. The maximum absolute atomic E-state index is 12.6. The standard InChI is InChI=1S/C21H34N4O4Si/c1-14(2)19-16(11-17-20(28)25(15(3)26)12-18(27)23-17)22-13-24(19)9-10-29-30(7,8)21(4,5)6/h11,13-14H,9-10,12H2,1-8H3,(H,23,27)/b17-11-. The van der Waals surface area contributed by atoms with Crippen molar-refractivity contribution in [2.75, 3.05) is 13.2 Å². The van der Waals surface area contributed by atoms with Crippen molar-refractivity contribution >= 4 is 32.1 Å². The van der Waals surface area contributed by atoms with Crippen LogP contribution >= 0.6 is 0 Å². The van der Waals surface area contributed by atoms with Crippen LogP contribution in [-0.4, -0.2) is 53.6 Å². The summed E-state index contributed by atoms with van der Waals surface area (Å²) < 4.78 is 8.31. The van der Waals surface area contributed by atoms with E-state index in [2.05, 4.69) is 44.2 Å². The number of amides is 3. The molecule has 0 unspecified atom stereocenters. The van der Waals surface area contributed by atoms with Crippen molar-refractivity contribution in [3.05, 3.63) is 23.4 Å². The first-order chi connectivity index (χ1) is 13.7. The molecule has 2 rings (SSSR count). The lowest BCUT2D eigenvalue weighted by molar-refractivity contribution is -0.147. The van der Waals surface area contributed by atoms with Crippen molar-refractivity contribution in [2.24, 2.45) is 0 Å². The SMILES string of the molecule is CC(=O)N1CC(=O)N/C(=C\c2ncn(CCO[Si](C)(C)C(C)(C)C)c2C(C)C)C1=O. The Labute approximate surface area is 179 Å². The molecule has 8 nitrogen and oxygen atoms in total. The highest BCUT2D eigenvalue weighted by Crippen LogP contribution is 2.36. The van der Waals surface area contributed by atoms with Crippen LogP contribution in [0.5, 0.6) is 0 Å². The van der Waals surface area contributed by atoms with Crippen molar-refractivity contribution in [3.63, 3.8) is 0 Å². The van der Waals surface area contributed by atoms with Gasteiger partial charge in [0.2, 0.25) is 11.8 Å². The van der Waals surface area contributed by atoms with E-state index in [0.717, 1.165) is 10.6 Å². The zero-order valence-electron chi connectivity index (χ0n) is 19.3. The van der Waals surface area contributed by atoms with Gasteiger partial charge in [0.15, 0.2) is 8.32 Å². The molecule has 1 fully saturated rings. The first-order valence-electron chi connectivity index (χ1n) is 10.3. The summed E-state index contributed by atoms with van der Waals surface area (Å²) in [5.41, 5.74) is 1.61. The Morgan fingerprint density at radius 1 is 1.33 bits per heavy atom. The molecule has 2 heterocycles. The van der Waals surface area contributed by atoms with E-state index in [4.69, 9.17) is 4.43 Å². The molecule has 9 heteroatoms. The van der Waals surface area contributed by atoms with E-state index in [1.807, 2.05) is 18.4 Å². The van der Waals surface area contributed by atoms with Gasteiger partial charge in [0, 0.05) is 19.2 Å². The lowest BCUT2D eigenvalue weighted by atomic mass is 10.1. The third-order valence-corrected chi connectivity index (χ3v) is 10.3. The molecule has 0 aliphatic carbocycles. The Morgan fingerprint density at radius 3 is 2.50 bits per heavy atom. The normalized spacial score (nSPS) is 17.1. The van der Waals surface area contributed by atoms with Crippen molar-refractivity contribution in [1.29, 1.82) is 0 Å². The highest BCUT2D eigenvalue weighted by atomic mass is 28.4. The van der Waals surface area contributed by atoms with E-state index in [-0.39, 0.29) is 23.2 Å². The number of piperazine rings is 1. The molecule has 3 amide bonds. The van der Waals surface area contributed by atoms with E-state index < -0.39 is 26.0 Å². The van der Waals surface area contributed by atoms with Crippen molar-refractivity contribution in [3.8, 4) is 0 Å². The molecular formula is C21H34N4O4Si. The first-order valence-corrected chi connectivity index (χ1v) is 13.2. The minimum atomic E-state index is -1.84. The molecule has 1 aromatic rings. The zero-order chi connectivity index (χ0) is 22.9. The van der Waals surface area contributed by atoms with Crippen LogP contribution in [0.4, 0.5) is 0 Å². The van der Waals surface area contributed by atoms with Gasteiger partial charge >= 0.3 is 0 Å². The topological polar surface area (TPSA) is 93.5 Å². The van der Waals surface area contributed by atoms with Gasteiger partial charge in [-0.1, -0.05) is 34.6 Å². The third kappa shape index (κ3) is 5.26. The number of hydrogen-bond donors (Lipinski definition) is 1. The number of imidazole rings is 1. The summed E-state index contributed by atoms with van der Waals surface area (Å²) in [4.78, 5) is 41.5. The number of carbonyl (C=O) groups is 3. The third-order valence-electron chi connectivity index (χ3n) is 5.77. The predicted octanol–water partition coefficient (Wildman–Crippen LogP) is 2.87. The maximum Gasteiger partial charge on any atom is 0.277 e. The molecule has 0 atom stereocenters.